The molecule has 4 nitrogen and oxygen atoms in total. The van der Waals surface area contributed by atoms with Crippen LogP contribution in [0.3, 0.4) is 0 Å². The molecule has 1 amide bonds. The van der Waals surface area contributed by atoms with E-state index in [0.717, 1.165) is 23.4 Å². The van der Waals surface area contributed by atoms with Crippen molar-refractivity contribution in [1.82, 2.24) is 0 Å². The van der Waals surface area contributed by atoms with E-state index < -0.39 is 0 Å². The van der Waals surface area contributed by atoms with Gasteiger partial charge in [0.1, 0.15) is 12.4 Å². The summed E-state index contributed by atoms with van der Waals surface area (Å²) in [5, 5.41) is 0. The number of carbonyl (C=O) groups excluding carboxylic acids is 1. The second kappa shape index (κ2) is 5.40. The van der Waals surface area contributed by atoms with Crippen LogP contribution in [-0.4, -0.2) is 25.6 Å². The first kappa shape index (κ1) is 12.9. The van der Waals surface area contributed by atoms with Gasteiger partial charge in [-0.25, -0.2) is 0 Å². The molecule has 2 N–H and O–H groups in total. The lowest BCUT2D eigenvalue weighted by atomic mass is 10.1. The smallest absolute Gasteiger partial charge is 0.229 e. The van der Waals surface area contributed by atoms with Crippen LogP contribution in [0.1, 0.15) is 19.4 Å². The normalized spacial score (nSPS) is 14.3. The van der Waals surface area contributed by atoms with E-state index in [4.69, 9.17) is 10.5 Å². The molecule has 1 heterocycles. The summed E-state index contributed by atoms with van der Waals surface area (Å²) in [5.74, 6) is 0.926. The van der Waals surface area contributed by atoms with E-state index in [2.05, 4.69) is 0 Å². The lowest BCUT2D eigenvalue weighted by Crippen LogP contribution is -2.40. The molecule has 0 fully saturated rings. The molecule has 1 aromatic rings. The molecular formula is C14H20N2O2. The Bertz CT molecular complexity index is 443. The fraction of sp³-hybridized carbons (Fsp3) is 0.500. The molecule has 0 saturated heterocycles. The Morgan fingerprint density at radius 1 is 1.50 bits per heavy atom. The quantitative estimate of drug-likeness (QED) is 0.883. The van der Waals surface area contributed by atoms with Crippen LogP contribution in [0.4, 0.5) is 5.69 Å². The molecule has 1 aliphatic heterocycles. The van der Waals surface area contributed by atoms with Crippen LogP contribution in [-0.2, 0) is 11.2 Å². The van der Waals surface area contributed by atoms with Crippen molar-refractivity contribution in [1.29, 1.82) is 0 Å². The maximum Gasteiger partial charge on any atom is 0.229 e. The van der Waals surface area contributed by atoms with Crippen LogP contribution in [0.2, 0.25) is 0 Å². The summed E-state index contributed by atoms with van der Waals surface area (Å²) in [4.78, 5) is 14.0. The van der Waals surface area contributed by atoms with Gasteiger partial charge in [-0.1, -0.05) is 19.9 Å². The van der Waals surface area contributed by atoms with Crippen molar-refractivity contribution in [3.05, 3.63) is 23.8 Å². The van der Waals surface area contributed by atoms with E-state index in [9.17, 15) is 4.79 Å². The molecule has 0 saturated carbocycles. The Labute approximate surface area is 108 Å². The largest absolute Gasteiger partial charge is 0.490 e. The van der Waals surface area contributed by atoms with Gasteiger partial charge in [0.05, 0.1) is 12.2 Å². The highest BCUT2D eigenvalue weighted by Gasteiger charge is 2.25. The van der Waals surface area contributed by atoms with Crippen molar-refractivity contribution < 1.29 is 9.53 Å². The number of anilines is 1. The average Bonchev–Trinajstić information content (AvgIpc) is 2.37. The van der Waals surface area contributed by atoms with Crippen LogP contribution >= 0.6 is 0 Å². The zero-order valence-corrected chi connectivity index (χ0v) is 11.0. The molecule has 98 valence electrons. The van der Waals surface area contributed by atoms with Gasteiger partial charge in [0, 0.05) is 5.92 Å². The van der Waals surface area contributed by atoms with Gasteiger partial charge in [-0.3, -0.25) is 4.79 Å². The summed E-state index contributed by atoms with van der Waals surface area (Å²) in [6.45, 7) is 5.62. The summed E-state index contributed by atoms with van der Waals surface area (Å²) in [5.41, 5.74) is 7.59. The number of amides is 1. The van der Waals surface area contributed by atoms with Gasteiger partial charge < -0.3 is 15.4 Å². The van der Waals surface area contributed by atoms with Crippen molar-refractivity contribution in [2.24, 2.45) is 11.7 Å². The number of benzene rings is 1. The van der Waals surface area contributed by atoms with E-state index in [1.165, 1.54) is 0 Å². The maximum atomic E-state index is 12.2. The monoisotopic (exact) mass is 248 g/mol. The SMILES string of the molecule is CC(C)C(=O)N1CCOc2ccc(CCN)cc21. The summed E-state index contributed by atoms with van der Waals surface area (Å²) in [6, 6.07) is 5.96. The minimum Gasteiger partial charge on any atom is -0.490 e. The molecule has 0 aliphatic carbocycles. The van der Waals surface area contributed by atoms with Crippen molar-refractivity contribution in [2.45, 2.75) is 20.3 Å². The van der Waals surface area contributed by atoms with Gasteiger partial charge >= 0.3 is 0 Å². The summed E-state index contributed by atoms with van der Waals surface area (Å²) < 4.78 is 5.59. The third-order valence-corrected chi connectivity index (χ3v) is 3.08. The second-order valence-corrected chi connectivity index (χ2v) is 4.83. The van der Waals surface area contributed by atoms with Crippen molar-refractivity contribution in [3.63, 3.8) is 0 Å². The predicted molar refractivity (Wildman–Crippen MR) is 71.9 cm³/mol. The second-order valence-electron chi connectivity index (χ2n) is 4.83. The minimum atomic E-state index is -0.00545. The lowest BCUT2D eigenvalue weighted by Gasteiger charge is -2.31. The van der Waals surface area contributed by atoms with Gasteiger partial charge in [0.2, 0.25) is 5.91 Å². The Balaban J connectivity index is 2.34. The van der Waals surface area contributed by atoms with E-state index in [1.54, 1.807) is 0 Å². The molecule has 1 aliphatic rings. The first-order chi connectivity index (χ1) is 8.63. The van der Waals surface area contributed by atoms with Crippen LogP contribution < -0.4 is 15.4 Å². The number of carbonyl (C=O) groups is 1. The first-order valence-corrected chi connectivity index (χ1v) is 6.40. The van der Waals surface area contributed by atoms with E-state index in [-0.39, 0.29) is 11.8 Å². The predicted octanol–water partition coefficient (Wildman–Crippen LogP) is 1.57. The number of fused-ring (bicyclic) bond motifs is 1. The highest BCUT2D eigenvalue weighted by atomic mass is 16.5. The number of ether oxygens (including phenoxy) is 1. The molecule has 18 heavy (non-hydrogen) atoms. The molecule has 0 spiro atoms. The number of nitrogens with two attached hydrogens (primary N) is 1. The fourth-order valence-electron chi connectivity index (χ4n) is 2.13. The zero-order chi connectivity index (χ0) is 13.1. The molecule has 0 unspecified atom stereocenters. The molecule has 0 bridgehead atoms. The van der Waals surface area contributed by atoms with E-state index >= 15 is 0 Å². The third kappa shape index (κ3) is 2.48. The Hall–Kier alpha value is -1.55. The van der Waals surface area contributed by atoms with Crippen LogP contribution in [0.5, 0.6) is 5.75 Å². The van der Waals surface area contributed by atoms with Gasteiger partial charge in [-0.15, -0.1) is 0 Å². The van der Waals surface area contributed by atoms with Crippen LogP contribution in [0.15, 0.2) is 18.2 Å². The van der Waals surface area contributed by atoms with Crippen molar-refractivity contribution in [3.8, 4) is 5.75 Å². The molecule has 0 aromatic heterocycles. The standard InChI is InChI=1S/C14H20N2O2/c1-10(2)14(17)16-7-8-18-13-4-3-11(5-6-15)9-12(13)16/h3-4,9-10H,5-8,15H2,1-2H3. The van der Waals surface area contributed by atoms with Crippen molar-refractivity contribution in [2.75, 3.05) is 24.6 Å². The van der Waals surface area contributed by atoms with Gasteiger partial charge in [0.15, 0.2) is 0 Å². The molecule has 0 atom stereocenters. The molecule has 1 aromatic carbocycles. The summed E-state index contributed by atoms with van der Waals surface area (Å²) >= 11 is 0. The zero-order valence-electron chi connectivity index (χ0n) is 11.0. The van der Waals surface area contributed by atoms with Crippen molar-refractivity contribution >= 4 is 11.6 Å². The van der Waals surface area contributed by atoms with Crippen LogP contribution in [0.25, 0.3) is 0 Å². The first-order valence-electron chi connectivity index (χ1n) is 6.40. The Kier molecular flexibility index (Phi) is 3.87. The number of hydrogen-bond acceptors (Lipinski definition) is 3. The minimum absolute atomic E-state index is 0.00545. The molecule has 0 radical (unpaired) electrons. The topological polar surface area (TPSA) is 55.6 Å². The molecular weight excluding hydrogens is 228 g/mol. The molecule has 2 rings (SSSR count). The number of rotatable bonds is 3. The highest BCUT2D eigenvalue weighted by molar-refractivity contribution is 5.96. The van der Waals surface area contributed by atoms with Crippen LogP contribution in [0, 0.1) is 5.92 Å². The van der Waals surface area contributed by atoms with Gasteiger partial charge in [0.25, 0.3) is 0 Å². The summed E-state index contributed by atoms with van der Waals surface area (Å²) in [6.07, 6.45) is 0.816. The Morgan fingerprint density at radius 3 is 2.94 bits per heavy atom. The fourth-order valence-corrected chi connectivity index (χ4v) is 2.13. The van der Waals surface area contributed by atoms with Gasteiger partial charge in [-0.2, -0.15) is 0 Å². The Morgan fingerprint density at radius 2 is 2.28 bits per heavy atom. The maximum absolute atomic E-state index is 12.2. The van der Waals surface area contributed by atoms with Gasteiger partial charge in [-0.05, 0) is 30.7 Å². The lowest BCUT2D eigenvalue weighted by molar-refractivity contribution is -0.121. The highest BCUT2D eigenvalue weighted by Crippen LogP contribution is 2.33. The third-order valence-electron chi connectivity index (χ3n) is 3.08. The summed E-state index contributed by atoms with van der Waals surface area (Å²) in [7, 11) is 0. The average molecular weight is 248 g/mol. The van der Waals surface area contributed by atoms with E-state index in [1.807, 2.05) is 36.9 Å². The number of hydrogen-bond donors (Lipinski definition) is 1. The number of nitrogens with zero attached hydrogens (tertiary/aromatic N) is 1. The molecule has 4 heteroatoms. The van der Waals surface area contributed by atoms with E-state index in [0.29, 0.717) is 19.7 Å².